The second-order valence-electron chi connectivity index (χ2n) is 5.18. The number of carbonyl (C=O) groups is 2. The lowest BCUT2D eigenvalue weighted by Gasteiger charge is -2.14. The lowest BCUT2D eigenvalue weighted by atomic mass is 10.2. The number of carboxylic acids is 1. The summed E-state index contributed by atoms with van der Waals surface area (Å²) in [5.74, 6) is -1.21. The van der Waals surface area contributed by atoms with Crippen LogP contribution in [0.25, 0.3) is 6.08 Å². The number of hydrogen-bond acceptors (Lipinski definition) is 5. The number of carboxylic acid groups (broad SMARTS) is 1. The maximum Gasteiger partial charge on any atom is 0.266 e. The van der Waals surface area contributed by atoms with Gasteiger partial charge in [0.05, 0.1) is 4.91 Å². The monoisotopic (exact) mass is 402 g/mol. The van der Waals surface area contributed by atoms with Crippen LogP contribution in [0.5, 0.6) is 0 Å². The van der Waals surface area contributed by atoms with Crippen LogP contribution in [-0.4, -0.2) is 27.6 Å². The Morgan fingerprint density at radius 2 is 2.04 bits per heavy atom. The van der Waals surface area contributed by atoms with E-state index in [1.165, 1.54) is 16.7 Å². The smallest absolute Gasteiger partial charge is 0.266 e. The van der Waals surface area contributed by atoms with Crippen molar-refractivity contribution in [3.8, 4) is 0 Å². The largest absolute Gasteiger partial charge is 0.550 e. The molecule has 0 N–H and O–H groups in total. The number of amides is 1. The van der Waals surface area contributed by atoms with Crippen LogP contribution in [0.3, 0.4) is 0 Å². The van der Waals surface area contributed by atoms with Crippen molar-refractivity contribution in [3.05, 3.63) is 38.7 Å². The molecule has 2 rings (SSSR count). The van der Waals surface area contributed by atoms with Gasteiger partial charge < -0.3 is 9.90 Å². The fourth-order valence-electron chi connectivity index (χ4n) is 2.17. The molecular weight excluding hydrogens is 389 g/mol. The number of benzene rings is 1. The van der Waals surface area contributed by atoms with E-state index in [0.29, 0.717) is 50.6 Å². The molecule has 0 aromatic heterocycles. The van der Waals surface area contributed by atoms with Crippen LogP contribution in [0.1, 0.15) is 31.2 Å². The molecule has 0 atom stereocenters. The molecule has 0 radical (unpaired) electrons. The van der Waals surface area contributed by atoms with Gasteiger partial charge in [0.15, 0.2) is 0 Å². The van der Waals surface area contributed by atoms with Crippen molar-refractivity contribution in [2.75, 3.05) is 6.54 Å². The molecular formula is C16H14Cl2NO3S2-. The second kappa shape index (κ2) is 8.85. The van der Waals surface area contributed by atoms with E-state index in [0.717, 1.165) is 0 Å². The zero-order valence-corrected chi connectivity index (χ0v) is 15.7. The first-order valence-corrected chi connectivity index (χ1v) is 9.27. The van der Waals surface area contributed by atoms with Gasteiger partial charge in [-0.05, 0) is 43.0 Å². The molecule has 1 heterocycles. The summed E-state index contributed by atoms with van der Waals surface area (Å²) in [5.41, 5.74) is 0.704. The number of nitrogens with zero attached hydrogens (tertiary/aromatic N) is 1. The maximum atomic E-state index is 12.4. The molecule has 0 bridgehead atoms. The predicted molar refractivity (Wildman–Crippen MR) is 99.8 cm³/mol. The third-order valence-corrected chi connectivity index (χ3v) is 5.33. The van der Waals surface area contributed by atoms with E-state index in [4.69, 9.17) is 35.4 Å². The molecule has 1 aromatic rings. The van der Waals surface area contributed by atoms with Gasteiger partial charge in [0.1, 0.15) is 4.32 Å². The first-order valence-electron chi connectivity index (χ1n) is 7.29. The van der Waals surface area contributed by atoms with Crippen molar-refractivity contribution < 1.29 is 14.7 Å². The van der Waals surface area contributed by atoms with E-state index in [2.05, 4.69) is 0 Å². The average molecular weight is 403 g/mol. The zero-order chi connectivity index (χ0) is 17.7. The third-order valence-electron chi connectivity index (χ3n) is 3.39. The predicted octanol–water partition coefficient (Wildman–Crippen LogP) is 3.50. The van der Waals surface area contributed by atoms with Crippen LogP contribution in [0, 0.1) is 0 Å². The van der Waals surface area contributed by atoms with Gasteiger partial charge >= 0.3 is 0 Å². The average Bonchev–Trinajstić information content (AvgIpc) is 2.76. The highest BCUT2D eigenvalue weighted by molar-refractivity contribution is 8.26. The highest BCUT2D eigenvalue weighted by atomic mass is 35.5. The summed E-state index contributed by atoms with van der Waals surface area (Å²) in [7, 11) is 0. The summed E-state index contributed by atoms with van der Waals surface area (Å²) >= 11 is 18.5. The fourth-order valence-corrected chi connectivity index (χ4v) is 3.93. The van der Waals surface area contributed by atoms with E-state index in [-0.39, 0.29) is 12.3 Å². The molecule has 0 unspecified atom stereocenters. The topological polar surface area (TPSA) is 60.4 Å². The third kappa shape index (κ3) is 5.21. The first kappa shape index (κ1) is 19.2. The second-order valence-corrected chi connectivity index (χ2v) is 7.70. The van der Waals surface area contributed by atoms with Gasteiger partial charge in [-0.15, -0.1) is 0 Å². The number of thioether (sulfide) groups is 1. The van der Waals surface area contributed by atoms with E-state index < -0.39 is 5.97 Å². The highest BCUT2D eigenvalue weighted by Gasteiger charge is 2.31. The van der Waals surface area contributed by atoms with E-state index in [9.17, 15) is 14.7 Å². The van der Waals surface area contributed by atoms with Crippen LogP contribution in [0.15, 0.2) is 23.1 Å². The number of carbonyl (C=O) groups excluding carboxylic acids is 2. The van der Waals surface area contributed by atoms with Crippen molar-refractivity contribution in [3.63, 3.8) is 0 Å². The van der Waals surface area contributed by atoms with Crippen LogP contribution < -0.4 is 5.11 Å². The Labute approximate surface area is 159 Å². The minimum Gasteiger partial charge on any atom is -0.550 e. The van der Waals surface area contributed by atoms with Crippen molar-refractivity contribution in [1.82, 2.24) is 4.90 Å². The van der Waals surface area contributed by atoms with Gasteiger partial charge in [-0.3, -0.25) is 9.69 Å². The van der Waals surface area contributed by atoms with Crippen LogP contribution in [-0.2, 0) is 9.59 Å². The van der Waals surface area contributed by atoms with E-state index >= 15 is 0 Å². The van der Waals surface area contributed by atoms with Gasteiger partial charge in [-0.1, -0.05) is 59.7 Å². The first-order chi connectivity index (χ1) is 11.4. The van der Waals surface area contributed by atoms with Gasteiger partial charge in [0.2, 0.25) is 0 Å². The SMILES string of the molecule is O=C([O-])CCCCCN1C(=O)/C(=C\c2ccc(Cl)cc2Cl)SC1=S. The number of rotatable bonds is 7. The quantitative estimate of drug-likeness (QED) is 0.396. The molecule has 0 saturated carbocycles. The number of hydrogen-bond donors (Lipinski definition) is 0. The lowest BCUT2D eigenvalue weighted by Crippen LogP contribution is -2.29. The number of halogens is 2. The standard InChI is InChI=1S/C16H15Cl2NO3S2/c17-11-6-5-10(12(18)9-11)8-13-15(22)19(16(23)24-13)7-3-1-2-4-14(20)21/h5-6,8-9H,1-4,7H2,(H,20,21)/p-1/b13-8+. The number of thiocarbonyl (C=S) groups is 1. The van der Waals surface area contributed by atoms with Crippen LogP contribution in [0.2, 0.25) is 10.0 Å². The van der Waals surface area contributed by atoms with E-state index in [1.54, 1.807) is 24.3 Å². The van der Waals surface area contributed by atoms with Crippen molar-refractivity contribution in [1.29, 1.82) is 0 Å². The normalized spacial score (nSPS) is 16.2. The molecule has 4 nitrogen and oxygen atoms in total. The summed E-state index contributed by atoms with van der Waals surface area (Å²) in [6.07, 6.45) is 3.66. The van der Waals surface area contributed by atoms with Gasteiger partial charge in [-0.2, -0.15) is 0 Å². The molecule has 1 fully saturated rings. The fraction of sp³-hybridized carbons (Fsp3) is 0.312. The lowest BCUT2D eigenvalue weighted by molar-refractivity contribution is -0.305. The molecule has 1 aliphatic heterocycles. The number of aliphatic carboxylic acids is 1. The Balaban J connectivity index is 1.98. The van der Waals surface area contributed by atoms with Crippen molar-refractivity contribution in [2.45, 2.75) is 25.7 Å². The summed E-state index contributed by atoms with van der Waals surface area (Å²) in [5, 5.41) is 11.4. The van der Waals surface area contributed by atoms with Crippen LogP contribution >= 0.6 is 47.2 Å². The summed E-state index contributed by atoms with van der Waals surface area (Å²) in [4.78, 5) is 24.9. The van der Waals surface area contributed by atoms with Crippen molar-refractivity contribution >= 4 is 69.5 Å². The zero-order valence-electron chi connectivity index (χ0n) is 12.6. The van der Waals surface area contributed by atoms with Gasteiger partial charge in [-0.25, -0.2) is 0 Å². The molecule has 1 aliphatic rings. The molecule has 128 valence electrons. The Hall–Kier alpha value is -1.08. The molecule has 1 aromatic carbocycles. The summed E-state index contributed by atoms with van der Waals surface area (Å²) < 4.78 is 0.497. The van der Waals surface area contributed by atoms with Gasteiger partial charge in [0, 0.05) is 22.6 Å². The minimum absolute atomic E-state index is 0.0351. The minimum atomic E-state index is -1.05. The Bertz CT molecular complexity index is 707. The number of unbranched alkanes of at least 4 members (excludes halogenated alkanes) is 2. The maximum absolute atomic E-state index is 12.4. The van der Waals surface area contributed by atoms with Crippen molar-refractivity contribution in [2.24, 2.45) is 0 Å². The molecule has 8 heteroatoms. The molecule has 24 heavy (non-hydrogen) atoms. The highest BCUT2D eigenvalue weighted by Crippen LogP contribution is 2.34. The van der Waals surface area contributed by atoms with Crippen LogP contribution in [0.4, 0.5) is 0 Å². The summed E-state index contributed by atoms with van der Waals surface area (Å²) in [6, 6.07) is 5.07. The Morgan fingerprint density at radius 3 is 2.71 bits per heavy atom. The molecule has 0 spiro atoms. The van der Waals surface area contributed by atoms with Gasteiger partial charge in [0.25, 0.3) is 5.91 Å². The Morgan fingerprint density at radius 1 is 1.29 bits per heavy atom. The summed E-state index contributed by atoms with van der Waals surface area (Å²) in [6.45, 7) is 0.476. The molecule has 1 amide bonds. The molecule has 1 saturated heterocycles. The van der Waals surface area contributed by atoms with E-state index in [1.807, 2.05) is 0 Å². The molecule has 0 aliphatic carbocycles. The Kier molecular flexibility index (Phi) is 7.10.